The van der Waals surface area contributed by atoms with Gasteiger partial charge in [0, 0.05) is 7.05 Å². The molecular weight excluding hydrogens is 338 g/mol. The molecule has 0 spiro atoms. The third-order valence-electron chi connectivity index (χ3n) is 3.88. The maximum Gasteiger partial charge on any atom is 0.285 e. The lowest BCUT2D eigenvalue weighted by molar-refractivity contribution is -0.135. The molecule has 2 amide bonds. The first-order valence-corrected chi connectivity index (χ1v) is 7.85. The Morgan fingerprint density at radius 1 is 1.42 bits per heavy atom. The molecule has 136 valence electrons. The first-order chi connectivity index (χ1) is 12.3. The zero-order valence-electron chi connectivity index (χ0n) is 14.8. The maximum atomic E-state index is 12.3. The largest absolute Gasteiger partial charge is 0.467 e. The maximum absolute atomic E-state index is 12.3. The molecule has 1 N–H and O–H groups in total. The van der Waals surface area contributed by atoms with Gasteiger partial charge in [0.1, 0.15) is 23.9 Å². The lowest BCUT2D eigenvalue weighted by Crippen LogP contribution is -2.41. The molecule has 2 heterocycles. The summed E-state index contributed by atoms with van der Waals surface area (Å²) in [6.07, 6.45) is 1.50. The van der Waals surface area contributed by atoms with E-state index in [1.807, 2.05) is 6.07 Å². The van der Waals surface area contributed by atoms with Gasteiger partial charge in [0.2, 0.25) is 11.8 Å². The van der Waals surface area contributed by atoms with Crippen LogP contribution in [0, 0.1) is 25.2 Å². The van der Waals surface area contributed by atoms with Crippen molar-refractivity contribution in [2.75, 3.05) is 13.6 Å². The average Bonchev–Trinajstić information content (AvgIpc) is 3.12. The van der Waals surface area contributed by atoms with Crippen molar-refractivity contribution >= 4 is 11.8 Å². The summed E-state index contributed by atoms with van der Waals surface area (Å²) in [5.41, 5.74) is 0.323. The number of hydrogen-bond acceptors (Lipinski definition) is 6. The number of aromatic nitrogens is 2. The third-order valence-corrected chi connectivity index (χ3v) is 3.88. The zero-order chi connectivity index (χ0) is 19.3. The molecule has 2 aromatic rings. The van der Waals surface area contributed by atoms with Gasteiger partial charge in [0.15, 0.2) is 0 Å². The van der Waals surface area contributed by atoms with Gasteiger partial charge in [-0.15, -0.1) is 0 Å². The van der Waals surface area contributed by atoms with E-state index in [1.165, 1.54) is 18.2 Å². The normalized spacial score (nSPS) is 10.2. The molecule has 0 saturated heterocycles. The fourth-order valence-electron chi connectivity index (χ4n) is 2.22. The first-order valence-electron chi connectivity index (χ1n) is 7.85. The summed E-state index contributed by atoms with van der Waals surface area (Å²) >= 11 is 0. The van der Waals surface area contributed by atoms with Gasteiger partial charge < -0.3 is 14.6 Å². The highest BCUT2D eigenvalue weighted by Crippen LogP contribution is 2.04. The number of nitrogens with one attached hydrogen (secondary N) is 1. The number of carbonyl (C=O) groups is 2. The molecular formula is C17H19N5O4. The Morgan fingerprint density at radius 2 is 2.15 bits per heavy atom. The van der Waals surface area contributed by atoms with Crippen molar-refractivity contribution in [1.29, 1.82) is 5.26 Å². The number of rotatable bonds is 6. The number of hydrogen-bond donors (Lipinski definition) is 1. The minimum absolute atomic E-state index is 0.0378. The predicted octanol–water partition coefficient (Wildman–Crippen LogP) is 0.0996. The molecule has 0 aliphatic carbocycles. The van der Waals surface area contributed by atoms with E-state index >= 15 is 0 Å². The summed E-state index contributed by atoms with van der Waals surface area (Å²) in [4.78, 5) is 37.6. The van der Waals surface area contributed by atoms with Crippen molar-refractivity contribution in [3.63, 3.8) is 0 Å². The van der Waals surface area contributed by atoms with Gasteiger partial charge in [-0.05, 0) is 31.5 Å². The van der Waals surface area contributed by atoms with E-state index in [0.29, 0.717) is 17.0 Å². The minimum Gasteiger partial charge on any atom is -0.467 e. The topological polar surface area (TPSA) is 121 Å². The van der Waals surface area contributed by atoms with Gasteiger partial charge in [-0.25, -0.2) is 4.68 Å². The van der Waals surface area contributed by atoms with Crippen LogP contribution in [0.1, 0.15) is 22.6 Å². The molecule has 0 aliphatic rings. The molecule has 0 bridgehead atoms. The van der Waals surface area contributed by atoms with Crippen molar-refractivity contribution in [3.05, 3.63) is 51.3 Å². The summed E-state index contributed by atoms with van der Waals surface area (Å²) in [6, 6.07) is 5.27. The van der Waals surface area contributed by atoms with E-state index in [0.717, 1.165) is 4.68 Å². The zero-order valence-corrected chi connectivity index (χ0v) is 14.8. The van der Waals surface area contributed by atoms with Crippen LogP contribution in [0.3, 0.4) is 0 Å². The molecule has 9 heteroatoms. The fraction of sp³-hybridized carbons (Fsp3) is 0.353. The van der Waals surface area contributed by atoms with Gasteiger partial charge in [-0.3, -0.25) is 14.4 Å². The summed E-state index contributed by atoms with van der Waals surface area (Å²) < 4.78 is 6.05. The quantitative estimate of drug-likeness (QED) is 0.782. The molecule has 2 rings (SSSR count). The van der Waals surface area contributed by atoms with Gasteiger partial charge in [0.05, 0.1) is 25.0 Å². The second-order valence-corrected chi connectivity index (χ2v) is 5.77. The molecule has 0 saturated carbocycles. The van der Waals surface area contributed by atoms with Gasteiger partial charge in [-0.2, -0.15) is 10.4 Å². The molecule has 0 unspecified atom stereocenters. The Kier molecular flexibility index (Phi) is 5.90. The van der Waals surface area contributed by atoms with Crippen LogP contribution >= 0.6 is 0 Å². The monoisotopic (exact) mass is 357 g/mol. The van der Waals surface area contributed by atoms with E-state index in [-0.39, 0.29) is 31.1 Å². The summed E-state index contributed by atoms with van der Waals surface area (Å²) in [5, 5.41) is 15.8. The highest BCUT2D eigenvalue weighted by atomic mass is 16.3. The minimum atomic E-state index is -0.625. The van der Waals surface area contributed by atoms with Gasteiger partial charge in [-0.1, -0.05) is 0 Å². The first kappa shape index (κ1) is 18.9. The fourth-order valence-corrected chi connectivity index (χ4v) is 2.22. The molecule has 26 heavy (non-hydrogen) atoms. The average molecular weight is 357 g/mol. The highest BCUT2D eigenvalue weighted by Gasteiger charge is 2.17. The predicted molar refractivity (Wildman–Crippen MR) is 90.9 cm³/mol. The van der Waals surface area contributed by atoms with E-state index in [4.69, 9.17) is 9.68 Å². The summed E-state index contributed by atoms with van der Waals surface area (Å²) in [5.74, 6) is -0.238. The summed E-state index contributed by atoms with van der Waals surface area (Å²) in [7, 11) is 1.45. The standard InChI is InChI=1S/C17H19N5O4/c1-11-12(2)20-22(17(25)14(11)7-18)10-16(24)21(3)9-15(23)19-8-13-5-4-6-26-13/h4-6H,8-10H2,1-3H3,(H,19,23). The lowest BCUT2D eigenvalue weighted by Gasteiger charge is -2.17. The SMILES string of the molecule is Cc1nn(CC(=O)N(C)CC(=O)NCc2ccco2)c(=O)c(C#N)c1C. The Bertz CT molecular complexity index is 908. The molecule has 0 aromatic carbocycles. The molecule has 0 radical (unpaired) electrons. The van der Waals surface area contributed by atoms with Crippen LogP contribution in [0.15, 0.2) is 27.6 Å². The second-order valence-electron chi connectivity index (χ2n) is 5.77. The van der Waals surface area contributed by atoms with Gasteiger partial charge in [0.25, 0.3) is 5.56 Å². The van der Waals surface area contributed by atoms with E-state index in [1.54, 1.807) is 26.0 Å². The number of nitriles is 1. The van der Waals surface area contributed by atoms with Crippen molar-refractivity contribution < 1.29 is 14.0 Å². The smallest absolute Gasteiger partial charge is 0.285 e. The molecule has 0 aliphatic heterocycles. The highest BCUT2D eigenvalue weighted by molar-refractivity contribution is 5.84. The van der Waals surface area contributed by atoms with Crippen LogP contribution in [0.25, 0.3) is 0 Å². The van der Waals surface area contributed by atoms with Crippen molar-refractivity contribution in [1.82, 2.24) is 20.0 Å². The number of carbonyl (C=O) groups excluding carboxylic acids is 2. The molecule has 2 aromatic heterocycles. The van der Waals surface area contributed by atoms with Crippen molar-refractivity contribution in [2.45, 2.75) is 26.9 Å². The number of likely N-dealkylation sites (N-methyl/N-ethyl adjacent to an activating group) is 1. The Labute approximate surface area is 149 Å². The number of furan rings is 1. The van der Waals surface area contributed by atoms with Crippen LogP contribution < -0.4 is 10.9 Å². The van der Waals surface area contributed by atoms with Gasteiger partial charge >= 0.3 is 0 Å². The Morgan fingerprint density at radius 3 is 2.77 bits per heavy atom. The molecule has 0 fully saturated rings. The Balaban J connectivity index is 1.99. The van der Waals surface area contributed by atoms with E-state index < -0.39 is 11.5 Å². The van der Waals surface area contributed by atoms with Crippen LogP contribution in [0.4, 0.5) is 0 Å². The second kappa shape index (κ2) is 8.11. The van der Waals surface area contributed by atoms with E-state index in [9.17, 15) is 14.4 Å². The van der Waals surface area contributed by atoms with E-state index in [2.05, 4.69) is 10.4 Å². The third kappa shape index (κ3) is 4.36. The van der Waals surface area contributed by atoms with Crippen LogP contribution in [-0.4, -0.2) is 40.1 Å². The lowest BCUT2D eigenvalue weighted by atomic mass is 10.1. The van der Waals surface area contributed by atoms with Crippen molar-refractivity contribution in [2.24, 2.45) is 0 Å². The van der Waals surface area contributed by atoms with Crippen molar-refractivity contribution in [3.8, 4) is 6.07 Å². The molecule has 9 nitrogen and oxygen atoms in total. The molecule has 0 atom stereocenters. The summed E-state index contributed by atoms with van der Waals surface area (Å²) in [6.45, 7) is 2.98. The number of nitrogens with zero attached hydrogens (tertiary/aromatic N) is 4. The number of amides is 2. The van der Waals surface area contributed by atoms with Crippen LogP contribution in [0.2, 0.25) is 0 Å². The van der Waals surface area contributed by atoms with Crippen LogP contribution in [0.5, 0.6) is 0 Å². The Hall–Kier alpha value is -3.41. The van der Waals surface area contributed by atoms with Crippen LogP contribution in [-0.2, 0) is 22.7 Å². The number of aryl methyl sites for hydroxylation is 1.